The zero-order valence-corrected chi connectivity index (χ0v) is 17.6. The van der Waals surface area contributed by atoms with Crippen LogP contribution in [0.1, 0.15) is 12.0 Å². The molecule has 0 saturated carbocycles. The average molecular weight is 436 g/mol. The molecule has 9 nitrogen and oxygen atoms in total. The number of carbonyl (C=O) groups is 1. The summed E-state index contributed by atoms with van der Waals surface area (Å²) in [4.78, 5) is 14.2. The van der Waals surface area contributed by atoms with Crippen molar-refractivity contribution in [1.82, 2.24) is 4.90 Å². The van der Waals surface area contributed by atoms with Crippen molar-refractivity contribution in [1.29, 1.82) is 0 Å². The number of ether oxygens (including phenoxy) is 1. The van der Waals surface area contributed by atoms with Crippen molar-refractivity contribution in [2.75, 3.05) is 32.8 Å². The number of carbonyl (C=O) groups excluding carboxylic acids is 1. The van der Waals surface area contributed by atoms with Crippen LogP contribution < -0.4 is 0 Å². The molecule has 1 saturated heterocycles. The van der Waals surface area contributed by atoms with Gasteiger partial charge in [-0.1, -0.05) is 30.3 Å². The number of methoxy groups -OCH3 is 1. The minimum absolute atomic E-state index is 0.158. The molecule has 0 amide bonds. The minimum Gasteiger partial charge on any atom is -0.468 e. The van der Waals surface area contributed by atoms with Crippen LogP contribution in [0.5, 0.6) is 0 Å². The van der Waals surface area contributed by atoms with Gasteiger partial charge in [0, 0.05) is 18.5 Å². The van der Waals surface area contributed by atoms with Gasteiger partial charge in [0.2, 0.25) is 0 Å². The molecule has 1 aromatic carbocycles. The van der Waals surface area contributed by atoms with Crippen LogP contribution in [0.4, 0.5) is 0 Å². The summed E-state index contributed by atoms with van der Waals surface area (Å²) in [5.41, 5.74) is 0.908. The van der Waals surface area contributed by atoms with Crippen LogP contribution >= 0.6 is 0 Å². The SMILES string of the molecule is COC(=O)[C@@H]1[C@@H](COS(C)(=O)=O)C[C@@H](COS(C)(=O)=O)N1Cc1ccccc1. The van der Waals surface area contributed by atoms with E-state index in [-0.39, 0.29) is 13.2 Å². The Morgan fingerprint density at radius 2 is 1.61 bits per heavy atom. The molecule has 28 heavy (non-hydrogen) atoms. The van der Waals surface area contributed by atoms with Crippen LogP contribution in [0, 0.1) is 5.92 Å². The van der Waals surface area contributed by atoms with E-state index < -0.39 is 44.2 Å². The van der Waals surface area contributed by atoms with Gasteiger partial charge < -0.3 is 4.74 Å². The Morgan fingerprint density at radius 3 is 2.14 bits per heavy atom. The molecule has 1 aromatic rings. The Balaban J connectivity index is 2.30. The quantitative estimate of drug-likeness (QED) is 0.401. The molecule has 0 aromatic heterocycles. The van der Waals surface area contributed by atoms with E-state index in [1.807, 2.05) is 30.3 Å². The number of benzene rings is 1. The molecule has 0 spiro atoms. The Hall–Kier alpha value is -1.53. The number of esters is 1. The van der Waals surface area contributed by atoms with Gasteiger partial charge in [-0.05, 0) is 12.0 Å². The maximum absolute atomic E-state index is 12.5. The first-order valence-electron chi connectivity index (χ1n) is 8.56. The second kappa shape index (κ2) is 9.31. The Kier molecular flexibility index (Phi) is 7.57. The molecular formula is C17H25NO8S2. The largest absolute Gasteiger partial charge is 0.468 e. The van der Waals surface area contributed by atoms with E-state index in [0.29, 0.717) is 13.0 Å². The molecule has 1 fully saturated rings. The standard InChI is InChI=1S/C17H25NO8S2/c1-24-17(19)16-14(11-25-27(2,20)21)9-15(12-26-28(3,22)23)18(16)10-13-7-5-4-6-8-13/h4-8,14-16H,9-12H2,1-3H3/t14-,15+,16+/m1/s1. The van der Waals surface area contributed by atoms with Gasteiger partial charge in [-0.3, -0.25) is 18.1 Å². The number of hydrogen-bond donors (Lipinski definition) is 0. The Labute approximate surface area is 165 Å². The smallest absolute Gasteiger partial charge is 0.323 e. The normalized spacial score (nSPS) is 23.6. The zero-order chi connectivity index (χ0) is 20.9. The molecule has 1 aliphatic rings. The fraction of sp³-hybridized carbons (Fsp3) is 0.588. The fourth-order valence-corrected chi connectivity index (χ4v) is 4.14. The number of hydrogen-bond acceptors (Lipinski definition) is 9. The predicted molar refractivity (Wildman–Crippen MR) is 101 cm³/mol. The summed E-state index contributed by atoms with van der Waals surface area (Å²) >= 11 is 0. The molecule has 1 heterocycles. The summed E-state index contributed by atoms with van der Waals surface area (Å²) in [6.07, 6.45) is 2.20. The molecule has 0 radical (unpaired) electrons. The van der Waals surface area contributed by atoms with Gasteiger partial charge >= 0.3 is 5.97 Å². The van der Waals surface area contributed by atoms with Crippen molar-refractivity contribution in [3.8, 4) is 0 Å². The highest BCUT2D eigenvalue weighted by atomic mass is 32.2. The second-order valence-corrected chi connectivity index (χ2v) is 10.0. The van der Waals surface area contributed by atoms with E-state index in [2.05, 4.69) is 0 Å². The highest BCUT2D eigenvalue weighted by Gasteiger charge is 2.46. The fourth-order valence-electron chi connectivity index (χ4n) is 3.32. The molecule has 0 bridgehead atoms. The molecule has 3 atom stereocenters. The molecule has 1 aliphatic heterocycles. The minimum atomic E-state index is -3.69. The van der Waals surface area contributed by atoms with E-state index in [9.17, 15) is 21.6 Å². The van der Waals surface area contributed by atoms with Crippen LogP contribution in [0.2, 0.25) is 0 Å². The Bertz CT molecular complexity index is 870. The van der Waals surface area contributed by atoms with Crippen molar-refractivity contribution >= 4 is 26.2 Å². The van der Waals surface area contributed by atoms with Crippen molar-refractivity contribution in [2.24, 2.45) is 5.92 Å². The van der Waals surface area contributed by atoms with E-state index in [0.717, 1.165) is 18.1 Å². The number of rotatable bonds is 9. The average Bonchev–Trinajstić information content (AvgIpc) is 2.95. The van der Waals surface area contributed by atoms with Gasteiger partial charge in [0.1, 0.15) is 6.04 Å². The highest BCUT2D eigenvalue weighted by molar-refractivity contribution is 7.86. The second-order valence-electron chi connectivity index (χ2n) is 6.75. The van der Waals surface area contributed by atoms with E-state index >= 15 is 0 Å². The van der Waals surface area contributed by atoms with Crippen LogP contribution in [0.25, 0.3) is 0 Å². The van der Waals surface area contributed by atoms with Gasteiger partial charge in [0.15, 0.2) is 0 Å². The van der Waals surface area contributed by atoms with E-state index in [4.69, 9.17) is 13.1 Å². The molecule has 11 heteroatoms. The summed E-state index contributed by atoms with van der Waals surface area (Å²) in [5.74, 6) is -1.04. The van der Waals surface area contributed by atoms with Crippen LogP contribution in [0.15, 0.2) is 30.3 Å². The van der Waals surface area contributed by atoms with Crippen molar-refractivity contribution < 1.29 is 34.7 Å². The first kappa shape index (κ1) is 22.8. The maximum atomic E-state index is 12.5. The van der Waals surface area contributed by atoms with Gasteiger partial charge in [-0.25, -0.2) is 0 Å². The summed E-state index contributed by atoms with van der Waals surface area (Å²) in [6, 6.07) is 8.09. The molecule has 0 unspecified atom stereocenters. The lowest BCUT2D eigenvalue weighted by molar-refractivity contribution is -0.148. The van der Waals surface area contributed by atoms with Crippen molar-refractivity contribution in [3.05, 3.63) is 35.9 Å². The third kappa shape index (κ3) is 6.82. The van der Waals surface area contributed by atoms with Gasteiger partial charge in [-0.2, -0.15) is 16.8 Å². The molecule has 2 rings (SSSR count). The lowest BCUT2D eigenvalue weighted by Crippen LogP contribution is -2.45. The maximum Gasteiger partial charge on any atom is 0.323 e. The van der Waals surface area contributed by atoms with Crippen LogP contribution in [-0.2, 0) is 44.7 Å². The lowest BCUT2D eigenvalue weighted by atomic mass is 10.0. The van der Waals surface area contributed by atoms with Crippen LogP contribution in [-0.4, -0.2) is 72.6 Å². The number of nitrogens with zero attached hydrogens (tertiary/aromatic N) is 1. The molecule has 158 valence electrons. The summed E-state index contributed by atoms with van der Waals surface area (Å²) < 4.78 is 60.4. The van der Waals surface area contributed by atoms with Crippen molar-refractivity contribution in [3.63, 3.8) is 0 Å². The van der Waals surface area contributed by atoms with Gasteiger partial charge in [0.05, 0.1) is 32.8 Å². The first-order chi connectivity index (χ1) is 13.0. The van der Waals surface area contributed by atoms with E-state index in [1.54, 1.807) is 4.90 Å². The Morgan fingerprint density at radius 1 is 1.04 bits per heavy atom. The lowest BCUT2D eigenvalue weighted by Gasteiger charge is -2.29. The van der Waals surface area contributed by atoms with Gasteiger partial charge in [-0.15, -0.1) is 0 Å². The third-order valence-electron chi connectivity index (χ3n) is 4.47. The predicted octanol–water partition coefficient (Wildman–Crippen LogP) is 0.371. The summed E-state index contributed by atoms with van der Waals surface area (Å²) in [6.45, 7) is -0.0262. The van der Waals surface area contributed by atoms with Crippen molar-refractivity contribution in [2.45, 2.75) is 25.0 Å². The third-order valence-corrected chi connectivity index (χ3v) is 5.60. The first-order valence-corrected chi connectivity index (χ1v) is 12.2. The zero-order valence-electron chi connectivity index (χ0n) is 16.0. The summed E-state index contributed by atoms with van der Waals surface area (Å²) in [7, 11) is -6.12. The monoisotopic (exact) mass is 435 g/mol. The van der Waals surface area contributed by atoms with Crippen LogP contribution in [0.3, 0.4) is 0 Å². The molecule has 0 aliphatic carbocycles. The van der Waals surface area contributed by atoms with E-state index in [1.165, 1.54) is 7.11 Å². The topological polar surface area (TPSA) is 116 Å². The molecular weight excluding hydrogens is 410 g/mol. The number of likely N-dealkylation sites (tertiary alicyclic amines) is 1. The highest BCUT2D eigenvalue weighted by Crippen LogP contribution is 2.33. The molecule has 0 N–H and O–H groups in total. The van der Waals surface area contributed by atoms with Gasteiger partial charge in [0.25, 0.3) is 20.2 Å². The summed E-state index contributed by atoms with van der Waals surface area (Å²) in [5, 5.41) is 0.